The molecule has 35 heavy (non-hydrogen) atoms. The van der Waals surface area contributed by atoms with Crippen LogP contribution in [0.15, 0.2) is 84.0 Å². The van der Waals surface area contributed by atoms with E-state index in [9.17, 15) is 4.79 Å². The number of carbonyl (C=O) groups excluding carboxylic acids is 1. The van der Waals surface area contributed by atoms with Crippen molar-refractivity contribution in [1.82, 2.24) is 19.7 Å². The second-order valence-electron chi connectivity index (χ2n) is 7.76. The maximum absolute atomic E-state index is 12.5. The zero-order valence-corrected chi connectivity index (χ0v) is 20.9. The lowest BCUT2D eigenvalue weighted by Gasteiger charge is -2.10. The van der Waals surface area contributed by atoms with Crippen LogP contribution in [0.4, 0.5) is 5.69 Å². The third kappa shape index (κ3) is 5.03. The van der Waals surface area contributed by atoms with Gasteiger partial charge in [-0.1, -0.05) is 83.5 Å². The molecule has 5 rings (SSSR count). The zero-order valence-electron chi connectivity index (χ0n) is 18.6. The lowest BCUT2D eigenvalue weighted by Crippen LogP contribution is -2.14. The molecular weight excluding hydrogens is 501 g/mol. The van der Waals surface area contributed by atoms with Gasteiger partial charge in [-0.15, -0.1) is 10.2 Å². The first-order valence-corrected chi connectivity index (χ1v) is 12.5. The predicted molar refractivity (Wildman–Crippen MR) is 143 cm³/mol. The summed E-state index contributed by atoms with van der Waals surface area (Å²) in [5.41, 5.74) is 4.19. The van der Waals surface area contributed by atoms with Crippen LogP contribution in [-0.2, 0) is 11.8 Å². The monoisotopic (exact) mass is 519 g/mol. The number of para-hydroxylation sites is 1. The van der Waals surface area contributed by atoms with Gasteiger partial charge in [0.25, 0.3) is 0 Å². The van der Waals surface area contributed by atoms with Crippen LogP contribution < -0.4 is 5.32 Å². The fraction of sp³-hybridized carbons (Fsp3) is 0.0769. The fourth-order valence-electron chi connectivity index (χ4n) is 3.70. The number of nitrogens with one attached hydrogen (secondary N) is 1. The molecule has 3 aromatic carbocycles. The summed E-state index contributed by atoms with van der Waals surface area (Å²) in [6.45, 7) is 0. The number of carbonyl (C=O) groups is 1. The van der Waals surface area contributed by atoms with Crippen molar-refractivity contribution in [1.29, 1.82) is 0 Å². The summed E-state index contributed by atoms with van der Waals surface area (Å²) in [5.74, 6) is 0.644. The molecule has 0 saturated carbocycles. The number of aromatic nitrogens is 4. The van der Waals surface area contributed by atoms with Crippen molar-refractivity contribution in [2.24, 2.45) is 7.05 Å². The molecule has 0 aliphatic carbocycles. The topological polar surface area (TPSA) is 72.7 Å². The molecule has 0 radical (unpaired) electrons. The number of fused-ring (bicyclic) bond motifs is 1. The summed E-state index contributed by atoms with van der Waals surface area (Å²) >= 11 is 13.4. The third-order valence-corrected chi connectivity index (χ3v) is 6.97. The van der Waals surface area contributed by atoms with Gasteiger partial charge in [0.15, 0.2) is 11.0 Å². The lowest BCUT2D eigenvalue weighted by atomic mass is 10.0. The Labute approximate surface area is 216 Å². The van der Waals surface area contributed by atoms with Gasteiger partial charge >= 0.3 is 0 Å². The minimum absolute atomic E-state index is 0.150. The molecule has 6 nitrogen and oxygen atoms in total. The van der Waals surface area contributed by atoms with Gasteiger partial charge in [0.2, 0.25) is 5.91 Å². The van der Waals surface area contributed by atoms with E-state index in [0.29, 0.717) is 26.7 Å². The van der Waals surface area contributed by atoms with Gasteiger partial charge in [0, 0.05) is 28.6 Å². The van der Waals surface area contributed by atoms with E-state index in [1.807, 2.05) is 72.3 Å². The lowest BCUT2D eigenvalue weighted by molar-refractivity contribution is -0.113. The van der Waals surface area contributed by atoms with Crippen molar-refractivity contribution in [3.8, 4) is 22.6 Å². The molecule has 0 aliphatic heterocycles. The highest BCUT2D eigenvalue weighted by Crippen LogP contribution is 2.32. The molecule has 174 valence electrons. The van der Waals surface area contributed by atoms with Crippen LogP contribution in [0.2, 0.25) is 10.0 Å². The highest BCUT2D eigenvalue weighted by atomic mass is 35.5. The van der Waals surface area contributed by atoms with Gasteiger partial charge in [0.1, 0.15) is 0 Å². The standard InChI is InChI=1S/C26H19Cl2N5OS/c1-33-25(31-32-26(33)35-15-24(34)30-22-12-11-17(27)13-20(22)28)19-14-23(16-7-3-2-4-8-16)29-21-10-6-5-9-18(19)21/h2-14H,15H2,1H3,(H,30,34). The van der Waals surface area contributed by atoms with E-state index in [1.165, 1.54) is 11.8 Å². The van der Waals surface area contributed by atoms with Gasteiger partial charge in [-0.05, 0) is 30.3 Å². The second kappa shape index (κ2) is 10.1. The van der Waals surface area contributed by atoms with Crippen LogP contribution in [0.3, 0.4) is 0 Å². The summed E-state index contributed by atoms with van der Waals surface area (Å²) in [5, 5.41) is 14.1. The molecular formula is C26H19Cl2N5OS. The van der Waals surface area contributed by atoms with Crippen molar-refractivity contribution < 1.29 is 4.79 Å². The molecule has 2 heterocycles. The molecule has 0 atom stereocenters. The van der Waals surface area contributed by atoms with Gasteiger partial charge in [-0.3, -0.25) is 4.79 Å². The maximum Gasteiger partial charge on any atom is 0.234 e. The Morgan fingerprint density at radius 3 is 2.54 bits per heavy atom. The number of thioether (sulfide) groups is 1. The average molecular weight is 520 g/mol. The highest BCUT2D eigenvalue weighted by molar-refractivity contribution is 7.99. The molecule has 0 unspecified atom stereocenters. The van der Waals surface area contributed by atoms with E-state index in [4.69, 9.17) is 28.2 Å². The SMILES string of the molecule is Cn1c(SCC(=O)Nc2ccc(Cl)cc2Cl)nnc1-c1cc(-c2ccccc2)nc2ccccc12. The third-order valence-electron chi connectivity index (χ3n) is 5.40. The van der Waals surface area contributed by atoms with E-state index in [-0.39, 0.29) is 11.7 Å². The maximum atomic E-state index is 12.5. The Bertz CT molecular complexity index is 1540. The fourth-order valence-corrected chi connectivity index (χ4v) is 4.87. The van der Waals surface area contributed by atoms with Gasteiger partial charge in [-0.2, -0.15) is 0 Å². The second-order valence-corrected chi connectivity index (χ2v) is 9.55. The Morgan fingerprint density at radius 1 is 0.971 bits per heavy atom. The number of anilines is 1. The van der Waals surface area contributed by atoms with Crippen molar-refractivity contribution >= 4 is 57.5 Å². The van der Waals surface area contributed by atoms with Crippen LogP contribution in [0.25, 0.3) is 33.5 Å². The zero-order chi connectivity index (χ0) is 24.4. The van der Waals surface area contributed by atoms with E-state index in [2.05, 4.69) is 15.5 Å². The van der Waals surface area contributed by atoms with Gasteiger partial charge < -0.3 is 9.88 Å². The molecule has 0 aliphatic rings. The molecule has 0 bridgehead atoms. The molecule has 5 aromatic rings. The summed E-state index contributed by atoms with van der Waals surface area (Å²) in [7, 11) is 1.89. The van der Waals surface area contributed by atoms with E-state index >= 15 is 0 Å². The van der Waals surface area contributed by atoms with Gasteiger partial charge in [0.05, 0.1) is 27.7 Å². The molecule has 0 fully saturated rings. The van der Waals surface area contributed by atoms with Crippen molar-refractivity contribution in [3.05, 3.63) is 88.9 Å². The van der Waals surface area contributed by atoms with Crippen LogP contribution in [-0.4, -0.2) is 31.4 Å². The predicted octanol–water partition coefficient (Wildman–Crippen LogP) is 6.73. The summed E-state index contributed by atoms with van der Waals surface area (Å²) in [6, 6.07) is 25.0. The van der Waals surface area contributed by atoms with E-state index < -0.39 is 0 Å². The number of benzene rings is 3. The highest BCUT2D eigenvalue weighted by Gasteiger charge is 2.17. The summed E-state index contributed by atoms with van der Waals surface area (Å²) < 4.78 is 1.89. The molecule has 1 amide bonds. The normalized spacial score (nSPS) is 11.1. The Balaban J connectivity index is 1.41. The first-order chi connectivity index (χ1) is 17.0. The first-order valence-electron chi connectivity index (χ1n) is 10.7. The molecule has 0 spiro atoms. The Hall–Kier alpha value is -3.39. The minimum atomic E-state index is -0.204. The number of pyridine rings is 1. The molecule has 9 heteroatoms. The van der Waals surface area contributed by atoms with E-state index in [0.717, 1.165) is 27.7 Å². The average Bonchev–Trinajstić information content (AvgIpc) is 3.24. The number of nitrogens with zero attached hydrogens (tertiary/aromatic N) is 4. The molecule has 1 N–H and O–H groups in total. The number of amides is 1. The van der Waals surface area contributed by atoms with Crippen LogP contribution in [0.1, 0.15) is 0 Å². The van der Waals surface area contributed by atoms with E-state index in [1.54, 1.807) is 18.2 Å². The van der Waals surface area contributed by atoms with Crippen molar-refractivity contribution in [3.63, 3.8) is 0 Å². The largest absolute Gasteiger partial charge is 0.324 e. The number of rotatable bonds is 6. The quantitative estimate of drug-likeness (QED) is 0.251. The van der Waals surface area contributed by atoms with Gasteiger partial charge in [-0.25, -0.2) is 4.98 Å². The Kier molecular flexibility index (Phi) is 6.72. The van der Waals surface area contributed by atoms with Crippen LogP contribution in [0.5, 0.6) is 0 Å². The summed E-state index contributed by atoms with van der Waals surface area (Å²) in [6.07, 6.45) is 0. The molecule has 2 aromatic heterocycles. The first kappa shape index (κ1) is 23.4. The minimum Gasteiger partial charge on any atom is -0.324 e. The van der Waals surface area contributed by atoms with Crippen molar-refractivity contribution in [2.75, 3.05) is 11.1 Å². The van der Waals surface area contributed by atoms with Crippen LogP contribution in [0, 0.1) is 0 Å². The number of hydrogen-bond acceptors (Lipinski definition) is 5. The smallest absolute Gasteiger partial charge is 0.234 e. The summed E-state index contributed by atoms with van der Waals surface area (Å²) in [4.78, 5) is 17.3. The van der Waals surface area contributed by atoms with Crippen molar-refractivity contribution in [2.45, 2.75) is 5.16 Å². The van der Waals surface area contributed by atoms with Crippen LogP contribution >= 0.6 is 35.0 Å². The molecule has 0 saturated heterocycles. The number of halogens is 2. The Morgan fingerprint density at radius 2 is 1.74 bits per heavy atom. The number of hydrogen-bond donors (Lipinski definition) is 1.